The van der Waals surface area contributed by atoms with Crippen molar-refractivity contribution in [2.45, 2.75) is 17.9 Å². The lowest BCUT2D eigenvalue weighted by molar-refractivity contribution is -0.114. The molecule has 2 rings (SSSR count). The summed E-state index contributed by atoms with van der Waals surface area (Å²) in [5, 5.41) is 6.19. The molecular weight excluding hydrogens is 365 g/mol. The number of nitrogens with one attached hydrogen (secondary N) is 2. The number of anilines is 1. The van der Waals surface area contributed by atoms with E-state index in [1.165, 1.54) is 30.4 Å². The maximum atomic E-state index is 14.0. The van der Waals surface area contributed by atoms with Crippen LogP contribution in [0, 0.1) is 5.82 Å². The van der Waals surface area contributed by atoms with Gasteiger partial charge in [-0.2, -0.15) is 11.3 Å². The van der Waals surface area contributed by atoms with Crippen LogP contribution in [0.3, 0.4) is 0 Å². The maximum absolute atomic E-state index is 14.0. The third kappa shape index (κ3) is 5.08. The number of likely N-dealkylation sites (N-methyl/N-ethyl adjacent to an activating group) is 1. The summed E-state index contributed by atoms with van der Waals surface area (Å²) in [6.45, 7) is 1.40. The standard InChI is InChI=1S/C16H20FN3O3S2/c1-11(21)19-15-5-4-13(8-14(15)17)25(22,23)18-9-16(20(2)3)12-6-7-24-10-12/h4-8,10,16,18H,9H2,1-3H3,(H,19,21). The zero-order chi connectivity index (χ0) is 18.6. The molecule has 0 aliphatic rings. The number of benzene rings is 1. The van der Waals surface area contributed by atoms with Gasteiger partial charge in [0.25, 0.3) is 0 Å². The van der Waals surface area contributed by atoms with E-state index in [0.29, 0.717) is 0 Å². The van der Waals surface area contributed by atoms with Crippen LogP contribution in [0.25, 0.3) is 0 Å². The van der Waals surface area contributed by atoms with Gasteiger partial charge in [0.05, 0.1) is 10.6 Å². The minimum atomic E-state index is -3.87. The average Bonchev–Trinajstić information content (AvgIpc) is 3.02. The Hall–Kier alpha value is -1.81. The van der Waals surface area contributed by atoms with Gasteiger partial charge in [-0.15, -0.1) is 0 Å². The van der Waals surface area contributed by atoms with E-state index >= 15 is 0 Å². The van der Waals surface area contributed by atoms with E-state index in [9.17, 15) is 17.6 Å². The summed E-state index contributed by atoms with van der Waals surface area (Å²) in [7, 11) is -0.154. The summed E-state index contributed by atoms with van der Waals surface area (Å²) in [6, 6.07) is 5.18. The van der Waals surface area contributed by atoms with Crippen LogP contribution in [0.4, 0.5) is 10.1 Å². The molecule has 0 bridgehead atoms. The fourth-order valence-electron chi connectivity index (χ4n) is 2.29. The first kappa shape index (κ1) is 19.5. The van der Waals surface area contributed by atoms with Gasteiger partial charge in [-0.1, -0.05) is 0 Å². The summed E-state index contributed by atoms with van der Waals surface area (Å²) < 4.78 is 41.4. The Balaban J connectivity index is 2.16. The number of amides is 1. The van der Waals surface area contributed by atoms with Crippen LogP contribution in [0.1, 0.15) is 18.5 Å². The fraction of sp³-hybridized carbons (Fsp3) is 0.312. The van der Waals surface area contributed by atoms with Gasteiger partial charge in [0.2, 0.25) is 15.9 Å². The van der Waals surface area contributed by atoms with Crippen molar-refractivity contribution >= 4 is 33.0 Å². The summed E-state index contributed by atoms with van der Waals surface area (Å²) >= 11 is 1.54. The van der Waals surface area contributed by atoms with Gasteiger partial charge in [-0.05, 0) is 54.7 Å². The third-order valence-electron chi connectivity index (χ3n) is 3.58. The predicted octanol–water partition coefficient (Wildman–Crippen LogP) is 2.43. The lowest BCUT2D eigenvalue weighted by Crippen LogP contribution is -2.34. The number of carbonyl (C=O) groups excluding carboxylic acids is 1. The molecule has 136 valence electrons. The largest absolute Gasteiger partial charge is 0.324 e. The molecule has 2 N–H and O–H groups in total. The Morgan fingerprint density at radius 1 is 1.32 bits per heavy atom. The highest BCUT2D eigenvalue weighted by atomic mass is 32.2. The van der Waals surface area contributed by atoms with Crippen LogP contribution in [-0.4, -0.2) is 39.9 Å². The second-order valence-corrected chi connectivity index (χ2v) is 8.26. The van der Waals surface area contributed by atoms with E-state index in [1.54, 1.807) is 0 Å². The van der Waals surface area contributed by atoms with Crippen LogP contribution >= 0.6 is 11.3 Å². The molecule has 0 radical (unpaired) electrons. The number of hydrogen-bond donors (Lipinski definition) is 2. The van der Waals surface area contributed by atoms with E-state index in [-0.39, 0.29) is 23.2 Å². The first-order valence-electron chi connectivity index (χ1n) is 7.46. The van der Waals surface area contributed by atoms with Crippen LogP contribution in [0.15, 0.2) is 39.9 Å². The molecule has 0 aliphatic carbocycles. The monoisotopic (exact) mass is 385 g/mol. The summed E-state index contributed by atoms with van der Waals surface area (Å²) in [5.74, 6) is -1.24. The molecule has 9 heteroatoms. The van der Waals surface area contributed by atoms with E-state index in [2.05, 4.69) is 10.0 Å². The number of carbonyl (C=O) groups is 1. The zero-order valence-electron chi connectivity index (χ0n) is 14.1. The molecule has 0 spiro atoms. The average molecular weight is 385 g/mol. The molecule has 1 amide bonds. The lowest BCUT2D eigenvalue weighted by atomic mass is 10.1. The maximum Gasteiger partial charge on any atom is 0.240 e. The number of thiophene rings is 1. The van der Waals surface area contributed by atoms with E-state index in [4.69, 9.17) is 0 Å². The molecule has 0 fully saturated rings. The van der Waals surface area contributed by atoms with Gasteiger partial charge in [-0.25, -0.2) is 17.5 Å². The molecule has 6 nitrogen and oxygen atoms in total. The fourth-order valence-corrected chi connectivity index (χ4v) is 4.05. The molecule has 0 saturated heterocycles. The zero-order valence-corrected chi connectivity index (χ0v) is 15.7. The summed E-state index contributed by atoms with van der Waals surface area (Å²) in [5.41, 5.74) is 0.945. The van der Waals surface area contributed by atoms with Crippen molar-refractivity contribution in [1.82, 2.24) is 9.62 Å². The molecule has 1 heterocycles. The van der Waals surface area contributed by atoms with Crippen molar-refractivity contribution in [1.29, 1.82) is 0 Å². The molecule has 0 saturated carbocycles. The minimum absolute atomic E-state index is 0.0594. The SMILES string of the molecule is CC(=O)Nc1ccc(S(=O)(=O)NCC(c2ccsc2)N(C)C)cc1F. The van der Waals surface area contributed by atoms with Gasteiger partial charge in [0, 0.05) is 19.5 Å². The quantitative estimate of drug-likeness (QED) is 0.767. The van der Waals surface area contributed by atoms with Crippen LogP contribution in [0.5, 0.6) is 0 Å². The van der Waals surface area contributed by atoms with E-state index in [1.807, 2.05) is 35.8 Å². The smallest absolute Gasteiger partial charge is 0.240 e. The normalized spacial score (nSPS) is 13.0. The van der Waals surface area contributed by atoms with E-state index < -0.39 is 21.7 Å². The van der Waals surface area contributed by atoms with Gasteiger partial charge in [0.1, 0.15) is 5.82 Å². The molecule has 0 aliphatic heterocycles. The molecule has 1 aromatic heterocycles. The second kappa shape index (κ2) is 8.05. The Morgan fingerprint density at radius 3 is 2.56 bits per heavy atom. The number of sulfonamides is 1. The predicted molar refractivity (Wildman–Crippen MR) is 96.6 cm³/mol. The molecule has 1 unspecified atom stereocenters. The first-order chi connectivity index (χ1) is 11.7. The van der Waals surface area contributed by atoms with Crippen molar-refractivity contribution in [2.24, 2.45) is 0 Å². The minimum Gasteiger partial charge on any atom is -0.324 e. The molecular formula is C16H20FN3O3S2. The lowest BCUT2D eigenvalue weighted by Gasteiger charge is -2.24. The number of hydrogen-bond acceptors (Lipinski definition) is 5. The number of halogens is 1. The van der Waals surface area contributed by atoms with Crippen molar-refractivity contribution < 1.29 is 17.6 Å². The van der Waals surface area contributed by atoms with Crippen LogP contribution in [0.2, 0.25) is 0 Å². The molecule has 2 aromatic rings. The molecule has 25 heavy (non-hydrogen) atoms. The highest BCUT2D eigenvalue weighted by Crippen LogP contribution is 2.22. The highest BCUT2D eigenvalue weighted by molar-refractivity contribution is 7.89. The highest BCUT2D eigenvalue weighted by Gasteiger charge is 2.21. The van der Waals surface area contributed by atoms with Gasteiger partial charge >= 0.3 is 0 Å². The van der Waals surface area contributed by atoms with Crippen molar-refractivity contribution in [2.75, 3.05) is 26.0 Å². The van der Waals surface area contributed by atoms with Crippen molar-refractivity contribution in [3.8, 4) is 0 Å². The Labute approximate surface area is 150 Å². The van der Waals surface area contributed by atoms with Crippen molar-refractivity contribution in [3.05, 3.63) is 46.4 Å². The topological polar surface area (TPSA) is 78.5 Å². The Kier molecular flexibility index (Phi) is 6.28. The summed E-state index contributed by atoms with van der Waals surface area (Å²) in [4.78, 5) is 12.7. The summed E-state index contributed by atoms with van der Waals surface area (Å²) in [6.07, 6.45) is 0. The van der Waals surface area contributed by atoms with Gasteiger partial charge in [0.15, 0.2) is 0 Å². The van der Waals surface area contributed by atoms with Gasteiger partial charge < -0.3 is 10.2 Å². The molecule has 1 atom stereocenters. The Bertz CT molecular complexity index is 836. The van der Waals surface area contributed by atoms with Crippen molar-refractivity contribution in [3.63, 3.8) is 0 Å². The Morgan fingerprint density at radius 2 is 2.04 bits per heavy atom. The third-order valence-corrected chi connectivity index (χ3v) is 5.70. The second-order valence-electron chi connectivity index (χ2n) is 5.71. The number of rotatable bonds is 7. The number of nitrogens with zero attached hydrogens (tertiary/aromatic N) is 1. The van der Waals surface area contributed by atoms with Crippen LogP contribution < -0.4 is 10.0 Å². The van der Waals surface area contributed by atoms with E-state index in [0.717, 1.165) is 11.6 Å². The van der Waals surface area contributed by atoms with Gasteiger partial charge in [-0.3, -0.25) is 4.79 Å². The van der Waals surface area contributed by atoms with Crippen LogP contribution in [-0.2, 0) is 14.8 Å². The first-order valence-corrected chi connectivity index (χ1v) is 9.88. The molecule has 1 aromatic carbocycles.